The van der Waals surface area contributed by atoms with Gasteiger partial charge < -0.3 is 5.21 Å². The number of pyridine rings is 1. The molecule has 0 spiro atoms. The smallest absolute Gasteiger partial charge is 0.255 e. The second kappa shape index (κ2) is 7.72. The Bertz CT molecular complexity index is 1110. The molecule has 0 bridgehead atoms. The number of rotatable bonds is 3. The van der Waals surface area contributed by atoms with Gasteiger partial charge >= 0.3 is 0 Å². The first-order valence-corrected chi connectivity index (χ1v) is 8.83. The van der Waals surface area contributed by atoms with E-state index in [0.29, 0.717) is 22.5 Å². The van der Waals surface area contributed by atoms with Gasteiger partial charge in [0.25, 0.3) is 5.56 Å². The van der Waals surface area contributed by atoms with E-state index in [9.17, 15) is 14.4 Å². The molecule has 3 rings (SSSR count). The number of aromatic nitrogens is 1. The molecule has 138 valence electrons. The fraction of sp³-hybridized carbons (Fsp3) is 0.0526. The average Bonchev–Trinajstić information content (AvgIpc) is 2.61. The summed E-state index contributed by atoms with van der Waals surface area (Å²) in [6, 6.07) is 11.4. The summed E-state index contributed by atoms with van der Waals surface area (Å²) >= 11 is 18.6. The van der Waals surface area contributed by atoms with Crippen LogP contribution in [-0.4, -0.2) is 15.5 Å². The first-order chi connectivity index (χ1) is 12.8. The molecule has 0 aliphatic carbocycles. The molecule has 1 N–H and O–H groups in total. The van der Waals surface area contributed by atoms with Gasteiger partial charge in [-0.25, -0.2) is 4.39 Å². The topological polar surface area (TPSA) is 54.6 Å². The molecule has 3 aromatic rings. The van der Waals surface area contributed by atoms with Crippen molar-refractivity contribution in [1.29, 1.82) is 0 Å². The molecule has 1 heterocycles. The third-order valence-corrected chi connectivity index (χ3v) is 4.96. The van der Waals surface area contributed by atoms with E-state index in [-0.39, 0.29) is 26.3 Å². The minimum atomic E-state index is -0.523. The highest BCUT2D eigenvalue weighted by Crippen LogP contribution is 2.30. The van der Waals surface area contributed by atoms with E-state index < -0.39 is 5.82 Å². The SMILES string of the molecule is Cc1c(/C(=N\O)c2ccc(F)cc2Cl)ccc(=O)n1-c1c(Cl)cccc1Cl. The van der Waals surface area contributed by atoms with Crippen molar-refractivity contribution < 1.29 is 9.60 Å². The van der Waals surface area contributed by atoms with Gasteiger partial charge in [0, 0.05) is 22.9 Å². The first-order valence-electron chi connectivity index (χ1n) is 7.70. The minimum Gasteiger partial charge on any atom is -0.410 e. The molecule has 2 aromatic carbocycles. The Morgan fingerprint density at radius 3 is 2.22 bits per heavy atom. The van der Waals surface area contributed by atoms with Crippen LogP contribution in [-0.2, 0) is 0 Å². The Balaban J connectivity index is 2.29. The third-order valence-electron chi connectivity index (χ3n) is 4.04. The fourth-order valence-electron chi connectivity index (χ4n) is 2.80. The van der Waals surface area contributed by atoms with Crippen LogP contribution < -0.4 is 5.56 Å². The number of para-hydroxylation sites is 1. The van der Waals surface area contributed by atoms with Crippen LogP contribution in [0, 0.1) is 12.7 Å². The van der Waals surface area contributed by atoms with Crippen LogP contribution in [0.5, 0.6) is 0 Å². The van der Waals surface area contributed by atoms with Crippen LogP contribution in [0.25, 0.3) is 5.69 Å². The Kier molecular flexibility index (Phi) is 5.56. The maximum atomic E-state index is 13.4. The molecule has 8 heteroatoms. The monoisotopic (exact) mass is 424 g/mol. The van der Waals surface area contributed by atoms with Crippen molar-refractivity contribution in [3.8, 4) is 5.69 Å². The molecule has 0 saturated carbocycles. The van der Waals surface area contributed by atoms with Gasteiger partial charge in [0.05, 0.1) is 20.8 Å². The van der Waals surface area contributed by atoms with Gasteiger partial charge in [-0.05, 0) is 43.3 Å². The average molecular weight is 426 g/mol. The Hall–Kier alpha value is -2.34. The first kappa shape index (κ1) is 19.4. The van der Waals surface area contributed by atoms with Crippen LogP contribution in [0.2, 0.25) is 15.1 Å². The maximum absolute atomic E-state index is 13.4. The van der Waals surface area contributed by atoms with E-state index in [1.54, 1.807) is 25.1 Å². The van der Waals surface area contributed by atoms with E-state index in [1.807, 2.05) is 0 Å². The maximum Gasteiger partial charge on any atom is 0.255 e. The molecule has 1 aromatic heterocycles. The molecule has 0 amide bonds. The number of benzene rings is 2. The van der Waals surface area contributed by atoms with E-state index >= 15 is 0 Å². The number of nitrogens with zero attached hydrogens (tertiary/aromatic N) is 2. The normalized spacial score (nSPS) is 11.7. The number of halogens is 4. The van der Waals surface area contributed by atoms with Crippen molar-refractivity contribution >= 4 is 40.5 Å². The predicted octanol–water partition coefficient (Wildman–Crippen LogP) is 5.47. The van der Waals surface area contributed by atoms with Crippen LogP contribution in [0.1, 0.15) is 16.8 Å². The van der Waals surface area contributed by atoms with E-state index in [2.05, 4.69) is 5.16 Å². The van der Waals surface area contributed by atoms with Crippen molar-refractivity contribution in [2.24, 2.45) is 5.16 Å². The number of hydrogen-bond acceptors (Lipinski definition) is 3. The standard InChI is InChI=1S/C19H12Cl3FN2O2/c1-10-12(18(24-27)13-6-5-11(23)9-16(13)22)7-8-17(26)25(10)19-14(20)3-2-4-15(19)21/h2-9,27H,1H3/b24-18+. The van der Waals surface area contributed by atoms with Crippen molar-refractivity contribution in [3.05, 3.63) is 96.6 Å². The minimum absolute atomic E-state index is 0.0655. The summed E-state index contributed by atoms with van der Waals surface area (Å²) in [6.07, 6.45) is 0. The molecule has 0 saturated heterocycles. The predicted molar refractivity (Wildman–Crippen MR) is 106 cm³/mol. The van der Waals surface area contributed by atoms with E-state index in [0.717, 1.165) is 6.07 Å². The second-order valence-electron chi connectivity index (χ2n) is 5.65. The molecule has 27 heavy (non-hydrogen) atoms. The molecule has 0 fully saturated rings. The van der Waals surface area contributed by atoms with Crippen molar-refractivity contribution in [1.82, 2.24) is 4.57 Å². The molecular formula is C19H12Cl3FN2O2. The Labute approximate surface area is 169 Å². The lowest BCUT2D eigenvalue weighted by Gasteiger charge is -2.17. The number of oxime groups is 1. The largest absolute Gasteiger partial charge is 0.410 e. The van der Waals surface area contributed by atoms with E-state index in [4.69, 9.17) is 34.8 Å². The van der Waals surface area contributed by atoms with Crippen molar-refractivity contribution in [2.45, 2.75) is 6.92 Å². The van der Waals surface area contributed by atoms with Gasteiger partial charge in [-0.15, -0.1) is 0 Å². The van der Waals surface area contributed by atoms with Gasteiger partial charge in [-0.3, -0.25) is 9.36 Å². The molecule has 4 nitrogen and oxygen atoms in total. The summed E-state index contributed by atoms with van der Waals surface area (Å²) in [4.78, 5) is 12.5. The molecule has 0 radical (unpaired) electrons. The number of hydrogen-bond donors (Lipinski definition) is 1. The van der Waals surface area contributed by atoms with Crippen LogP contribution in [0.15, 0.2) is 58.5 Å². The van der Waals surface area contributed by atoms with Crippen LogP contribution in [0.4, 0.5) is 4.39 Å². The van der Waals surface area contributed by atoms with Gasteiger partial charge in [0.2, 0.25) is 0 Å². The Morgan fingerprint density at radius 1 is 1.00 bits per heavy atom. The summed E-state index contributed by atoms with van der Waals surface area (Å²) < 4.78 is 14.7. The highest BCUT2D eigenvalue weighted by molar-refractivity contribution is 6.38. The lowest BCUT2D eigenvalue weighted by molar-refractivity contribution is 0.319. The zero-order valence-corrected chi connectivity index (χ0v) is 16.1. The van der Waals surface area contributed by atoms with Gasteiger partial charge in [0.15, 0.2) is 0 Å². The molecule has 0 aliphatic heterocycles. The fourth-order valence-corrected chi connectivity index (χ4v) is 3.62. The van der Waals surface area contributed by atoms with Gasteiger partial charge in [-0.2, -0.15) is 0 Å². The van der Waals surface area contributed by atoms with Crippen LogP contribution in [0.3, 0.4) is 0 Å². The summed E-state index contributed by atoms with van der Waals surface area (Å²) in [6.45, 7) is 1.65. The molecule has 0 unspecified atom stereocenters. The molecular weight excluding hydrogens is 414 g/mol. The highest BCUT2D eigenvalue weighted by Gasteiger charge is 2.19. The van der Waals surface area contributed by atoms with Crippen LogP contribution >= 0.6 is 34.8 Å². The van der Waals surface area contributed by atoms with Gasteiger partial charge in [0.1, 0.15) is 11.5 Å². The summed E-state index contributed by atoms with van der Waals surface area (Å²) in [7, 11) is 0. The van der Waals surface area contributed by atoms with Crippen molar-refractivity contribution in [3.63, 3.8) is 0 Å². The summed E-state index contributed by atoms with van der Waals surface area (Å²) in [5.74, 6) is -0.523. The van der Waals surface area contributed by atoms with Crippen molar-refractivity contribution in [2.75, 3.05) is 0 Å². The lowest BCUT2D eigenvalue weighted by atomic mass is 10.0. The third kappa shape index (κ3) is 3.58. The molecule has 0 atom stereocenters. The summed E-state index contributed by atoms with van der Waals surface area (Å²) in [5.41, 5.74) is 1.15. The quantitative estimate of drug-likeness (QED) is 0.343. The zero-order chi connectivity index (χ0) is 19.7. The second-order valence-corrected chi connectivity index (χ2v) is 6.87. The van der Waals surface area contributed by atoms with E-state index in [1.165, 1.54) is 28.8 Å². The van der Waals surface area contributed by atoms with Gasteiger partial charge in [-0.1, -0.05) is 46.0 Å². The molecule has 0 aliphatic rings. The lowest BCUT2D eigenvalue weighted by Crippen LogP contribution is -2.23. The summed E-state index contributed by atoms with van der Waals surface area (Å²) in [5, 5.41) is 13.5. The highest BCUT2D eigenvalue weighted by atomic mass is 35.5. The Morgan fingerprint density at radius 2 is 1.63 bits per heavy atom. The zero-order valence-electron chi connectivity index (χ0n) is 13.9.